The maximum Gasteiger partial charge on any atom is 0.0713 e. The predicted octanol–water partition coefficient (Wildman–Crippen LogP) is 27.2. The van der Waals surface area contributed by atoms with Gasteiger partial charge in [0.1, 0.15) is 0 Å². The Labute approximate surface area is 611 Å². The third-order valence-corrected chi connectivity index (χ3v) is 22.1. The van der Waals surface area contributed by atoms with Crippen LogP contribution in [0.3, 0.4) is 0 Å². The fourth-order valence-corrected chi connectivity index (χ4v) is 17.4. The van der Waals surface area contributed by atoms with Gasteiger partial charge in [-0.1, -0.05) is 340 Å². The van der Waals surface area contributed by atoms with Crippen LogP contribution in [0.5, 0.6) is 0 Å². The standard InChI is InChI=1S/C103H68N2/c1-7-29-69(30-8-1)81-41-19-23-45-85(81)73-52-59-99-92(64-73)93-65-74(86-46-24-20-42-82(86)70-31-9-2-10-32-70)53-60-100(93)104(99)80-56-58-97-91(68-80)90-63-77(51-57-96(90)103(97,78-37-15-5-16-38-78)79-39-17-6-18-40-79)89-49-27-28-50-98(89)105-101-61-54-75(87-47-25-21-43-83(87)71-33-11-3-12-34-71)66-94(101)95-67-76(55-62-102(95)105)88-48-26-22-44-84(88)72-35-13-4-14-36-72/h1-68H. The topological polar surface area (TPSA) is 9.86 Å². The van der Waals surface area contributed by atoms with Gasteiger partial charge in [-0.3, -0.25) is 0 Å². The Kier molecular flexibility index (Phi) is 14.8. The Morgan fingerprint density at radius 3 is 0.771 bits per heavy atom. The molecule has 2 heterocycles. The molecule has 0 aliphatic heterocycles. The summed E-state index contributed by atoms with van der Waals surface area (Å²) in [5.41, 5.74) is 34.9. The Morgan fingerprint density at radius 2 is 0.419 bits per heavy atom. The van der Waals surface area contributed by atoms with Gasteiger partial charge in [-0.05, 0) is 201 Å². The maximum absolute atomic E-state index is 2.52. The minimum atomic E-state index is -0.646. The van der Waals surface area contributed by atoms with Crippen molar-refractivity contribution in [1.29, 1.82) is 0 Å². The van der Waals surface area contributed by atoms with Crippen molar-refractivity contribution in [2.75, 3.05) is 0 Å². The van der Waals surface area contributed by atoms with E-state index in [9.17, 15) is 0 Å². The number of hydrogen-bond acceptors (Lipinski definition) is 0. The Hall–Kier alpha value is -13.7. The van der Waals surface area contributed by atoms with Gasteiger partial charge in [0.25, 0.3) is 0 Å². The van der Waals surface area contributed by atoms with Crippen molar-refractivity contribution in [2.45, 2.75) is 5.41 Å². The molecular weight excluding hydrogens is 1270 g/mol. The van der Waals surface area contributed by atoms with Crippen LogP contribution in [0.15, 0.2) is 413 Å². The molecule has 1 aliphatic carbocycles. The smallest absolute Gasteiger partial charge is 0.0713 e. The number of hydrogen-bond donors (Lipinski definition) is 0. The monoisotopic (exact) mass is 1330 g/mol. The first-order chi connectivity index (χ1) is 52.1. The molecule has 20 rings (SSSR count). The molecule has 0 bridgehead atoms. The summed E-state index contributed by atoms with van der Waals surface area (Å²) in [5.74, 6) is 0. The first-order valence-electron chi connectivity index (χ1n) is 36.4. The molecule has 0 radical (unpaired) electrons. The molecule has 0 unspecified atom stereocenters. The van der Waals surface area contributed by atoms with Crippen molar-refractivity contribution in [3.63, 3.8) is 0 Å². The molecule has 0 amide bonds. The number of nitrogens with zero attached hydrogens (tertiary/aromatic N) is 2. The normalized spacial score (nSPS) is 12.3. The second kappa shape index (κ2) is 25.4. The molecule has 105 heavy (non-hydrogen) atoms. The molecule has 0 N–H and O–H groups in total. The average molecular weight is 1330 g/mol. The average Bonchev–Trinajstić information content (AvgIpc) is 1.54. The van der Waals surface area contributed by atoms with Crippen LogP contribution in [-0.2, 0) is 5.41 Å². The van der Waals surface area contributed by atoms with E-state index in [1.54, 1.807) is 0 Å². The number of fused-ring (bicyclic) bond motifs is 9. The molecule has 2 aromatic heterocycles. The van der Waals surface area contributed by atoms with E-state index in [1.807, 2.05) is 0 Å². The van der Waals surface area contributed by atoms with Gasteiger partial charge in [-0.2, -0.15) is 0 Å². The summed E-state index contributed by atoms with van der Waals surface area (Å²) in [4.78, 5) is 0. The van der Waals surface area contributed by atoms with Gasteiger partial charge in [0.15, 0.2) is 0 Å². The third-order valence-electron chi connectivity index (χ3n) is 22.1. The van der Waals surface area contributed by atoms with Crippen LogP contribution in [0.4, 0.5) is 0 Å². The first-order valence-corrected chi connectivity index (χ1v) is 36.4. The van der Waals surface area contributed by atoms with Crippen LogP contribution in [0.2, 0.25) is 0 Å². The van der Waals surface area contributed by atoms with Crippen LogP contribution >= 0.6 is 0 Å². The van der Waals surface area contributed by atoms with Crippen molar-refractivity contribution < 1.29 is 0 Å². The lowest BCUT2D eigenvalue weighted by Gasteiger charge is -2.34. The minimum absolute atomic E-state index is 0.646. The Morgan fingerprint density at radius 1 is 0.162 bits per heavy atom. The molecule has 1 aliphatic rings. The molecule has 2 nitrogen and oxygen atoms in total. The number of rotatable bonds is 13. The van der Waals surface area contributed by atoms with Crippen LogP contribution < -0.4 is 0 Å². The van der Waals surface area contributed by atoms with Gasteiger partial charge in [-0.25, -0.2) is 0 Å². The lowest BCUT2D eigenvalue weighted by atomic mass is 9.67. The summed E-state index contributed by atoms with van der Waals surface area (Å²) in [6, 6.07) is 153. The molecule has 0 spiro atoms. The number of benzene rings is 17. The summed E-state index contributed by atoms with van der Waals surface area (Å²) >= 11 is 0. The number of aromatic nitrogens is 2. The summed E-state index contributed by atoms with van der Waals surface area (Å²) in [6.45, 7) is 0. The van der Waals surface area contributed by atoms with E-state index in [-0.39, 0.29) is 0 Å². The minimum Gasteiger partial charge on any atom is -0.309 e. The molecular formula is C103H68N2. The lowest BCUT2D eigenvalue weighted by Crippen LogP contribution is -2.28. The quantitative estimate of drug-likeness (QED) is 0.109. The summed E-state index contributed by atoms with van der Waals surface area (Å²) in [6.07, 6.45) is 0. The highest BCUT2D eigenvalue weighted by molar-refractivity contribution is 6.14. The van der Waals surface area contributed by atoms with E-state index in [1.165, 1.54) is 144 Å². The lowest BCUT2D eigenvalue weighted by molar-refractivity contribution is 0.768. The molecule has 0 saturated heterocycles. The van der Waals surface area contributed by atoms with E-state index in [0.717, 1.165) is 44.6 Å². The van der Waals surface area contributed by atoms with Crippen LogP contribution in [0.25, 0.3) is 166 Å². The molecule has 490 valence electrons. The fourth-order valence-electron chi connectivity index (χ4n) is 17.4. The zero-order chi connectivity index (χ0) is 69.4. The third kappa shape index (κ3) is 10.2. The van der Waals surface area contributed by atoms with E-state index >= 15 is 0 Å². The van der Waals surface area contributed by atoms with Crippen molar-refractivity contribution >= 4 is 43.6 Å². The Balaban J connectivity index is 0.800. The van der Waals surface area contributed by atoms with E-state index in [2.05, 4.69) is 422 Å². The largest absolute Gasteiger partial charge is 0.309 e. The van der Waals surface area contributed by atoms with Gasteiger partial charge in [0.2, 0.25) is 0 Å². The van der Waals surface area contributed by atoms with Crippen molar-refractivity contribution in [3.8, 4) is 123 Å². The second-order valence-electron chi connectivity index (χ2n) is 27.7. The highest BCUT2D eigenvalue weighted by Gasteiger charge is 2.46. The Bertz CT molecular complexity index is 6220. The molecule has 2 heteroatoms. The van der Waals surface area contributed by atoms with Crippen LogP contribution in [0.1, 0.15) is 22.3 Å². The second-order valence-corrected chi connectivity index (χ2v) is 27.7. The van der Waals surface area contributed by atoms with Gasteiger partial charge in [0.05, 0.1) is 33.2 Å². The van der Waals surface area contributed by atoms with Gasteiger partial charge >= 0.3 is 0 Å². The van der Waals surface area contributed by atoms with E-state index < -0.39 is 5.41 Å². The van der Waals surface area contributed by atoms with Crippen LogP contribution in [-0.4, -0.2) is 9.13 Å². The van der Waals surface area contributed by atoms with Gasteiger partial charge in [0, 0.05) is 32.8 Å². The highest BCUT2D eigenvalue weighted by Crippen LogP contribution is 2.58. The zero-order valence-corrected chi connectivity index (χ0v) is 57.7. The maximum atomic E-state index is 2.52. The molecule has 19 aromatic rings. The van der Waals surface area contributed by atoms with Crippen molar-refractivity contribution in [1.82, 2.24) is 9.13 Å². The van der Waals surface area contributed by atoms with Gasteiger partial charge < -0.3 is 9.13 Å². The summed E-state index contributed by atoms with van der Waals surface area (Å²) < 4.78 is 5.05. The van der Waals surface area contributed by atoms with E-state index in [4.69, 9.17) is 0 Å². The zero-order valence-electron chi connectivity index (χ0n) is 57.7. The molecule has 0 atom stereocenters. The van der Waals surface area contributed by atoms with Crippen molar-refractivity contribution in [2.24, 2.45) is 0 Å². The van der Waals surface area contributed by atoms with Crippen molar-refractivity contribution in [3.05, 3.63) is 435 Å². The fraction of sp³-hybridized carbons (Fsp3) is 0.00971. The SMILES string of the molecule is c1ccc(-c2ccccc2-c2ccc3c(c2)c2cc(-c4ccccc4-c4ccccc4)ccc2n3-c2ccc3c(c2)-c2cc(-c4ccccc4-n4c5ccc(-c6ccccc6-c6ccccc6)cc5c5cc(-c6ccccc6-c6ccccc6)ccc54)ccc2C3(c2ccccc2)c2ccccc2)cc1. The van der Waals surface area contributed by atoms with Crippen LogP contribution in [0, 0.1) is 0 Å². The van der Waals surface area contributed by atoms with Gasteiger partial charge in [-0.15, -0.1) is 0 Å². The summed E-state index contributed by atoms with van der Waals surface area (Å²) in [7, 11) is 0. The number of para-hydroxylation sites is 1. The molecule has 17 aromatic carbocycles. The van der Waals surface area contributed by atoms with E-state index in [0.29, 0.717) is 0 Å². The predicted molar refractivity (Wildman–Crippen MR) is 441 cm³/mol. The molecule has 0 saturated carbocycles. The summed E-state index contributed by atoms with van der Waals surface area (Å²) in [5, 5.41) is 4.77. The molecule has 0 fully saturated rings. The first kappa shape index (κ1) is 61.2. The highest BCUT2D eigenvalue weighted by atomic mass is 15.0.